The predicted octanol–water partition coefficient (Wildman–Crippen LogP) is 6.39. The monoisotopic (exact) mass is 576 g/mol. The maximum absolute atomic E-state index is 13.3. The highest BCUT2D eigenvalue weighted by Gasteiger charge is 2.38. The highest BCUT2D eigenvalue weighted by Crippen LogP contribution is 2.38. The standard InChI is InChI=1S/C29H35F3N4O5/c30-29(31,32)26-16-21(7-10-27(26)36(38)39)15-20-5-8-24(9-6-20)40-25-17-22(18-33-19-25)34-11-13-35(14-12-34)28(37)41-23-3-1-2-4-23/h7,10,16-20,23-24H,1-6,8-9,11-15H2. The number of hydrogen-bond donors (Lipinski definition) is 0. The maximum Gasteiger partial charge on any atom is 0.423 e. The lowest BCUT2D eigenvalue weighted by molar-refractivity contribution is -0.388. The van der Waals surface area contributed by atoms with E-state index in [2.05, 4.69) is 9.88 Å². The van der Waals surface area contributed by atoms with Crippen LogP contribution in [0.5, 0.6) is 5.75 Å². The number of halogens is 3. The van der Waals surface area contributed by atoms with Crippen molar-refractivity contribution in [3.63, 3.8) is 0 Å². The van der Waals surface area contributed by atoms with Crippen molar-refractivity contribution in [1.82, 2.24) is 9.88 Å². The number of anilines is 1. The topological polar surface area (TPSA) is 98.0 Å². The summed E-state index contributed by atoms with van der Waals surface area (Å²) in [6.45, 7) is 2.52. The molecule has 0 N–H and O–H groups in total. The fourth-order valence-electron chi connectivity index (χ4n) is 6.09. The Balaban J connectivity index is 1.09. The second kappa shape index (κ2) is 12.5. The number of nitro benzene ring substituents is 1. The average molecular weight is 577 g/mol. The molecule has 2 aliphatic carbocycles. The first-order valence-corrected chi connectivity index (χ1v) is 14.3. The van der Waals surface area contributed by atoms with Gasteiger partial charge in [0.05, 0.1) is 29.1 Å². The van der Waals surface area contributed by atoms with Crippen LogP contribution in [-0.2, 0) is 17.3 Å². The van der Waals surface area contributed by atoms with Crippen molar-refractivity contribution in [2.24, 2.45) is 5.92 Å². The summed E-state index contributed by atoms with van der Waals surface area (Å²) in [7, 11) is 0. The van der Waals surface area contributed by atoms with Crippen molar-refractivity contribution >= 4 is 17.5 Å². The summed E-state index contributed by atoms with van der Waals surface area (Å²) < 4.78 is 51.9. The molecule has 0 atom stereocenters. The smallest absolute Gasteiger partial charge is 0.423 e. The third-order valence-corrected chi connectivity index (χ3v) is 8.36. The summed E-state index contributed by atoms with van der Waals surface area (Å²) in [5.74, 6) is 0.845. The van der Waals surface area contributed by atoms with Crippen molar-refractivity contribution < 1.29 is 32.4 Å². The zero-order valence-electron chi connectivity index (χ0n) is 22.9. The third-order valence-electron chi connectivity index (χ3n) is 8.36. The van der Waals surface area contributed by atoms with Gasteiger partial charge in [-0.25, -0.2) is 4.79 Å². The van der Waals surface area contributed by atoms with E-state index in [4.69, 9.17) is 9.47 Å². The maximum atomic E-state index is 13.3. The molecule has 0 bridgehead atoms. The quantitative estimate of drug-likeness (QED) is 0.278. The Morgan fingerprint density at radius 1 is 0.976 bits per heavy atom. The number of benzene rings is 1. The van der Waals surface area contributed by atoms with E-state index in [1.165, 1.54) is 6.07 Å². The third kappa shape index (κ3) is 7.39. The number of nitrogens with zero attached hydrogens (tertiary/aromatic N) is 4. The molecule has 222 valence electrons. The van der Waals surface area contributed by atoms with Crippen LogP contribution in [0.1, 0.15) is 62.5 Å². The van der Waals surface area contributed by atoms with Gasteiger partial charge in [0.1, 0.15) is 17.4 Å². The largest absolute Gasteiger partial charge is 0.489 e. The molecule has 12 heteroatoms. The molecular weight excluding hydrogens is 541 g/mol. The van der Waals surface area contributed by atoms with E-state index < -0.39 is 22.4 Å². The number of carbonyl (C=O) groups excluding carboxylic acids is 1. The molecule has 0 radical (unpaired) electrons. The number of pyridine rings is 1. The van der Waals surface area contributed by atoms with E-state index >= 15 is 0 Å². The number of piperazine rings is 1. The number of carbonyl (C=O) groups is 1. The Morgan fingerprint density at radius 3 is 2.34 bits per heavy atom. The van der Waals surface area contributed by atoms with Crippen LogP contribution in [-0.4, -0.2) is 59.3 Å². The number of hydrogen-bond acceptors (Lipinski definition) is 7. The minimum Gasteiger partial charge on any atom is -0.489 e. The van der Waals surface area contributed by atoms with Crippen LogP contribution in [0.3, 0.4) is 0 Å². The van der Waals surface area contributed by atoms with Gasteiger partial charge >= 0.3 is 12.3 Å². The van der Waals surface area contributed by atoms with Crippen molar-refractivity contribution in [3.8, 4) is 5.75 Å². The summed E-state index contributed by atoms with van der Waals surface area (Å²) in [6, 6.07) is 5.25. The first kappa shape index (κ1) is 28.9. The van der Waals surface area contributed by atoms with Crippen LogP contribution in [0.15, 0.2) is 36.7 Å². The van der Waals surface area contributed by atoms with E-state index in [9.17, 15) is 28.1 Å². The van der Waals surface area contributed by atoms with Crippen LogP contribution in [0.4, 0.5) is 29.3 Å². The van der Waals surface area contributed by atoms with Crippen LogP contribution in [0.2, 0.25) is 0 Å². The molecule has 9 nitrogen and oxygen atoms in total. The number of ether oxygens (including phenoxy) is 2. The minimum absolute atomic E-state index is 0.0203. The second-order valence-corrected chi connectivity index (χ2v) is 11.2. The molecule has 0 spiro atoms. The van der Waals surface area contributed by atoms with E-state index in [1.54, 1.807) is 17.3 Å². The summed E-state index contributed by atoms with van der Waals surface area (Å²) >= 11 is 0. The molecule has 1 aliphatic heterocycles. The second-order valence-electron chi connectivity index (χ2n) is 11.2. The van der Waals surface area contributed by atoms with E-state index in [0.717, 1.165) is 69.2 Å². The summed E-state index contributed by atoms with van der Waals surface area (Å²) in [6.07, 6.45) is 6.17. The van der Waals surface area contributed by atoms with Gasteiger partial charge in [-0.3, -0.25) is 15.1 Å². The Hall–Kier alpha value is -3.57. The normalized spacial score (nSPS) is 22.0. The molecule has 2 saturated carbocycles. The van der Waals surface area contributed by atoms with Crippen LogP contribution in [0, 0.1) is 16.0 Å². The molecule has 1 amide bonds. The molecule has 3 aliphatic rings. The van der Waals surface area contributed by atoms with Gasteiger partial charge in [-0.05, 0) is 75.3 Å². The summed E-state index contributed by atoms with van der Waals surface area (Å²) in [5.41, 5.74) is -0.734. The molecule has 0 unspecified atom stereocenters. The van der Waals surface area contributed by atoms with E-state index in [0.29, 0.717) is 43.9 Å². The van der Waals surface area contributed by atoms with Crippen LogP contribution < -0.4 is 9.64 Å². The SMILES string of the molecule is O=C(OC1CCCC1)N1CCN(c2cncc(OC3CCC(Cc4ccc([N+](=O)[O-])c(C(F)(F)F)c4)CC3)c2)CC1. The Kier molecular flexibility index (Phi) is 8.84. The molecule has 41 heavy (non-hydrogen) atoms. The van der Waals surface area contributed by atoms with Crippen molar-refractivity contribution in [1.29, 1.82) is 0 Å². The van der Waals surface area contributed by atoms with Gasteiger partial charge in [0.25, 0.3) is 5.69 Å². The van der Waals surface area contributed by atoms with Gasteiger partial charge in [-0.1, -0.05) is 6.07 Å². The molecule has 2 aromatic rings. The van der Waals surface area contributed by atoms with Crippen molar-refractivity contribution in [2.45, 2.75) is 76.2 Å². The minimum atomic E-state index is -4.78. The van der Waals surface area contributed by atoms with Gasteiger partial charge in [-0.15, -0.1) is 0 Å². The molecule has 1 saturated heterocycles. The molecule has 5 rings (SSSR count). The highest BCUT2D eigenvalue weighted by atomic mass is 19.4. The molecule has 3 fully saturated rings. The lowest BCUT2D eigenvalue weighted by Gasteiger charge is -2.36. The van der Waals surface area contributed by atoms with E-state index in [-0.39, 0.29) is 24.2 Å². The summed E-state index contributed by atoms with van der Waals surface area (Å²) in [4.78, 5) is 30.8. The van der Waals surface area contributed by atoms with E-state index in [1.807, 2.05) is 6.07 Å². The number of alkyl halides is 3. The van der Waals surface area contributed by atoms with Gasteiger partial charge in [0.15, 0.2) is 0 Å². The fourth-order valence-corrected chi connectivity index (χ4v) is 6.09. The van der Waals surface area contributed by atoms with Gasteiger partial charge < -0.3 is 19.3 Å². The van der Waals surface area contributed by atoms with Crippen LogP contribution >= 0.6 is 0 Å². The van der Waals surface area contributed by atoms with Gasteiger partial charge in [0.2, 0.25) is 0 Å². The zero-order chi connectivity index (χ0) is 29.0. The van der Waals surface area contributed by atoms with Gasteiger partial charge in [-0.2, -0.15) is 13.2 Å². The number of nitro groups is 1. The molecule has 1 aromatic heterocycles. The van der Waals surface area contributed by atoms with Crippen molar-refractivity contribution in [3.05, 3.63) is 57.9 Å². The summed E-state index contributed by atoms with van der Waals surface area (Å²) in [5, 5.41) is 11.0. The number of rotatable bonds is 7. The zero-order valence-corrected chi connectivity index (χ0v) is 22.9. The van der Waals surface area contributed by atoms with Crippen molar-refractivity contribution in [2.75, 3.05) is 31.1 Å². The first-order chi connectivity index (χ1) is 19.7. The molecule has 2 heterocycles. The first-order valence-electron chi connectivity index (χ1n) is 14.3. The molecule has 1 aromatic carbocycles. The Labute approximate surface area is 236 Å². The fraction of sp³-hybridized carbons (Fsp3) is 0.586. The number of amides is 1. The Bertz CT molecular complexity index is 1220. The lowest BCUT2D eigenvalue weighted by Crippen LogP contribution is -2.49. The Morgan fingerprint density at radius 2 is 1.68 bits per heavy atom. The number of aromatic nitrogens is 1. The van der Waals surface area contributed by atoms with Crippen LogP contribution in [0.25, 0.3) is 0 Å². The highest BCUT2D eigenvalue weighted by molar-refractivity contribution is 5.68. The predicted molar refractivity (Wildman–Crippen MR) is 145 cm³/mol. The lowest BCUT2D eigenvalue weighted by atomic mass is 9.83. The average Bonchev–Trinajstić information content (AvgIpc) is 3.47. The van der Waals surface area contributed by atoms with Gasteiger partial charge in [0, 0.05) is 38.3 Å². The molecular formula is C29H35F3N4O5.